The van der Waals surface area contributed by atoms with Crippen LogP contribution in [0.5, 0.6) is 0 Å². The van der Waals surface area contributed by atoms with E-state index in [1.54, 1.807) is 44.4 Å². The number of aryl methyl sites for hydroxylation is 1. The SMILES string of the molecule is C=C(CCC1COC1)C(=O)Nc1ccc(-c2nnn(C)c2NC(=O)O[C@H](C)c2cccnc2Cl)nc1. The van der Waals surface area contributed by atoms with Gasteiger partial charge in [-0.05, 0) is 38.0 Å². The molecule has 1 saturated heterocycles. The lowest BCUT2D eigenvalue weighted by molar-refractivity contribution is -0.113. The summed E-state index contributed by atoms with van der Waals surface area (Å²) in [6, 6.07) is 6.80. The summed E-state index contributed by atoms with van der Waals surface area (Å²) >= 11 is 6.08. The van der Waals surface area contributed by atoms with Crippen LogP contribution in [0, 0.1) is 5.92 Å². The van der Waals surface area contributed by atoms with Gasteiger partial charge < -0.3 is 14.8 Å². The van der Waals surface area contributed by atoms with Crippen molar-refractivity contribution in [2.24, 2.45) is 13.0 Å². The molecule has 3 aromatic heterocycles. The van der Waals surface area contributed by atoms with E-state index in [2.05, 4.69) is 37.5 Å². The molecule has 1 fully saturated rings. The standard InChI is InChI=1S/C24H26ClN7O4/c1-14(6-7-16-12-35-13-16)23(33)28-17-8-9-19(27-11-17)20-22(32(3)31-30-20)29-24(34)36-15(2)18-5-4-10-26-21(18)25/h4-5,8-11,15-16H,1,6-7,12-13H2,2-3H3,(H,28,33)(H,29,34)/t15-/m1/s1. The van der Waals surface area contributed by atoms with Crippen molar-refractivity contribution in [3.05, 3.63) is 59.5 Å². The molecule has 36 heavy (non-hydrogen) atoms. The summed E-state index contributed by atoms with van der Waals surface area (Å²) in [4.78, 5) is 33.3. The van der Waals surface area contributed by atoms with Gasteiger partial charge >= 0.3 is 6.09 Å². The number of anilines is 2. The van der Waals surface area contributed by atoms with Crippen molar-refractivity contribution in [2.45, 2.75) is 25.9 Å². The number of hydrogen-bond donors (Lipinski definition) is 2. The van der Waals surface area contributed by atoms with Gasteiger partial charge in [-0.3, -0.25) is 15.1 Å². The lowest BCUT2D eigenvalue weighted by Crippen LogP contribution is -2.27. The fourth-order valence-electron chi connectivity index (χ4n) is 3.49. The van der Waals surface area contributed by atoms with Crippen molar-refractivity contribution in [1.82, 2.24) is 25.0 Å². The van der Waals surface area contributed by atoms with Gasteiger partial charge in [-0.1, -0.05) is 29.5 Å². The molecule has 0 bridgehead atoms. The maximum absolute atomic E-state index is 12.5. The maximum Gasteiger partial charge on any atom is 0.413 e. The Balaban J connectivity index is 1.37. The van der Waals surface area contributed by atoms with Crippen molar-refractivity contribution in [2.75, 3.05) is 23.8 Å². The average molecular weight is 512 g/mol. The van der Waals surface area contributed by atoms with Gasteiger partial charge in [-0.25, -0.2) is 14.5 Å². The number of aromatic nitrogens is 5. The molecule has 0 aromatic carbocycles. The summed E-state index contributed by atoms with van der Waals surface area (Å²) in [5.41, 5.74) is 2.38. The van der Waals surface area contributed by atoms with Crippen molar-refractivity contribution in [1.29, 1.82) is 0 Å². The fraction of sp³-hybridized carbons (Fsp3) is 0.333. The van der Waals surface area contributed by atoms with E-state index in [4.69, 9.17) is 21.1 Å². The smallest absolute Gasteiger partial charge is 0.413 e. The number of nitrogens with zero attached hydrogens (tertiary/aromatic N) is 5. The normalized spacial score (nSPS) is 14.0. The molecule has 4 rings (SSSR count). The number of rotatable bonds is 9. The summed E-state index contributed by atoms with van der Waals surface area (Å²) in [5.74, 6) is 0.540. The van der Waals surface area contributed by atoms with Gasteiger partial charge in [0.25, 0.3) is 5.91 Å². The van der Waals surface area contributed by atoms with Crippen LogP contribution in [0.3, 0.4) is 0 Å². The molecule has 4 heterocycles. The van der Waals surface area contributed by atoms with Crippen molar-refractivity contribution in [3.63, 3.8) is 0 Å². The molecule has 12 heteroatoms. The van der Waals surface area contributed by atoms with Crippen molar-refractivity contribution >= 4 is 35.1 Å². The molecular weight excluding hydrogens is 486 g/mol. The Morgan fingerprint density at radius 2 is 2.08 bits per heavy atom. The molecule has 188 valence electrons. The molecule has 1 aliphatic heterocycles. The van der Waals surface area contributed by atoms with Crippen LogP contribution in [0.1, 0.15) is 31.4 Å². The Morgan fingerprint density at radius 1 is 1.28 bits per heavy atom. The van der Waals surface area contributed by atoms with Gasteiger partial charge in [0, 0.05) is 30.3 Å². The van der Waals surface area contributed by atoms with Crippen LogP contribution in [-0.4, -0.2) is 50.2 Å². The maximum atomic E-state index is 12.5. The predicted molar refractivity (Wildman–Crippen MR) is 133 cm³/mol. The number of ether oxygens (including phenoxy) is 2. The molecule has 2 amide bonds. The minimum absolute atomic E-state index is 0.253. The molecule has 0 spiro atoms. The molecule has 2 N–H and O–H groups in total. The summed E-state index contributed by atoms with van der Waals surface area (Å²) in [7, 11) is 1.63. The van der Waals surface area contributed by atoms with E-state index in [0.717, 1.165) is 19.6 Å². The Hall–Kier alpha value is -3.83. The van der Waals surface area contributed by atoms with Crippen molar-refractivity contribution < 1.29 is 19.1 Å². The largest absolute Gasteiger partial charge is 0.441 e. The van der Waals surface area contributed by atoms with Crippen molar-refractivity contribution in [3.8, 4) is 11.4 Å². The number of carbonyl (C=O) groups is 2. The molecule has 1 aliphatic rings. The van der Waals surface area contributed by atoms with E-state index in [-0.39, 0.29) is 11.1 Å². The van der Waals surface area contributed by atoms with Gasteiger partial charge in [0.1, 0.15) is 11.3 Å². The third-order valence-electron chi connectivity index (χ3n) is 5.70. The molecule has 11 nitrogen and oxygen atoms in total. The molecule has 0 aliphatic carbocycles. The Bertz CT molecular complexity index is 1260. The minimum atomic E-state index is -0.718. The van der Waals surface area contributed by atoms with E-state index < -0.39 is 12.2 Å². The number of halogens is 1. The Morgan fingerprint density at radius 3 is 2.75 bits per heavy atom. The van der Waals surface area contributed by atoms with Gasteiger partial charge in [0.05, 0.1) is 30.8 Å². The fourth-order valence-corrected chi connectivity index (χ4v) is 3.77. The number of pyridine rings is 2. The summed E-state index contributed by atoms with van der Waals surface area (Å²) < 4.78 is 12.0. The molecule has 0 unspecified atom stereocenters. The van der Waals surface area contributed by atoms with Crippen LogP contribution < -0.4 is 10.6 Å². The predicted octanol–water partition coefficient (Wildman–Crippen LogP) is 4.16. The lowest BCUT2D eigenvalue weighted by atomic mass is 9.98. The van der Waals surface area contributed by atoms with Crippen LogP contribution in [0.4, 0.5) is 16.3 Å². The molecule has 1 atom stereocenters. The lowest BCUT2D eigenvalue weighted by Gasteiger charge is -2.25. The highest BCUT2D eigenvalue weighted by Gasteiger charge is 2.21. The van der Waals surface area contributed by atoms with Gasteiger partial charge in [-0.15, -0.1) is 5.10 Å². The Kier molecular flexibility index (Phi) is 7.91. The van der Waals surface area contributed by atoms with Gasteiger partial charge in [0.15, 0.2) is 11.5 Å². The molecule has 0 saturated carbocycles. The number of hydrogen-bond acceptors (Lipinski definition) is 8. The first-order chi connectivity index (χ1) is 17.3. The highest BCUT2D eigenvalue weighted by molar-refractivity contribution is 6.30. The summed E-state index contributed by atoms with van der Waals surface area (Å²) in [5, 5.41) is 13.8. The topological polar surface area (TPSA) is 133 Å². The third-order valence-corrected chi connectivity index (χ3v) is 6.02. The zero-order chi connectivity index (χ0) is 25.7. The van der Waals surface area contributed by atoms with Crippen LogP contribution >= 0.6 is 11.6 Å². The number of carbonyl (C=O) groups excluding carboxylic acids is 2. The van der Waals surface area contributed by atoms with E-state index in [1.807, 2.05) is 0 Å². The molecule has 0 radical (unpaired) electrons. The van der Waals surface area contributed by atoms with E-state index >= 15 is 0 Å². The van der Waals surface area contributed by atoms with Crippen LogP contribution in [0.2, 0.25) is 5.15 Å². The average Bonchev–Trinajstić information content (AvgIpc) is 3.18. The second-order valence-corrected chi connectivity index (χ2v) is 8.76. The quantitative estimate of drug-likeness (QED) is 0.323. The zero-order valence-corrected chi connectivity index (χ0v) is 20.7. The summed E-state index contributed by atoms with van der Waals surface area (Å²) in [6.07, 6.45) is 3.20. The first kappa shape index (κ1) is 25.3. The van der Waals surface area contributed by atoms with E-state index in [9.17, 15) is 9.59 Å². The first-order valence-electron chi connectivity index (χ1n) is 11.3. The van der Waals surface area contributed by atoms with Gasteiger partial charge in [0.2, 0.25) is 0 Å². The van der Waals surface area contributed by atoms with Crippen LogP contribution in [0.25, 0.3) is 11.4 Å². The third kappa shape index (κ3) is 6.04. The second kappa shape index (κ2) is 11.3. The Labute approximate surface area is 212 Å². The monoisotopic (exact) mass is 511 g/mol. The minimum Gasteiger partial charge on any atom is -0.441 e. The number of nitrogens with one attached hydrogen (secondary N) is 2. The number of amides is 2. The van der Waals surface area contributed by atoms with Crippen LogP contribution in [0.15, 0.2) is 48.8 Å². The molecule has 3 aromatic rings. The van der Waals surface area contributed by atoms with E-state index in [1.165, 1.54) is 10.9 Å². The second-order valence-electron chi connectivity index (χ2n) is 8.40. The highest BCUT2D eigenvalue weighted by atomic mass is 35.5. The van der Waals surface area contributed by atoms with Crippen LogP contribution in [-0.2, 0) is 21.3 Å². The zero-order valence-electron chi connectivity index (χ0n) is 19.9. The first-order valence-corrected chi connectivity index (χ1v) is 11.7. The highest BCUT2D eigenvalue weighted by Crippen LogP contribution is 2.27. The van der Waals surface area contributed by atoms with Gasteiger partial charge in [-0.2, -0.15) is 0 Å². The molecular formula is C24H26ClN7O4. The van der Waals surface area contributed by atoms with E-state index in [0.29, 0.717) is 46.4 Å². The summed E-state index contributed by atoms with van der Waals surface area (Å²) in [6.45, 7) is 7.06.